The van der Waals surface area contributed by atoms with Gasteiger partial charge in [0.05, 0.1) is 11.6 Å². The van der Waals surface area contributed by atoms with Crippen molar-refractivity contribution in [2.45, 2.75) is 6.43 Å². The number of alkyl halides is 2. The molecule has 0 bridgehead atoms. The van der Waals surface area contributed by atoms with Crippen molar-refractivity contribution in [3.05, 3.63) is 72.1 Å². The molecule has 0 amide bonds. The Labute approximate surface area is 157 Å². The highest BCUT2D eigenvalue weighted by Gasteiger charge is 2.17. The number of halogens is 2. The molecule has 0 aliphatic carbocycles. The zero-order valence-electron chi connectivity index (χ0n) is 14.2. The van der Waals surface area contributed by atoms with Gasteiger partial charge < -0.3 is 9.47 Å². The van der Waals surface area contributed by atoms with Gasteiger partial charge in [-0.2, -0.15) is 9.78 Å². The van der Waals surface area contributed by atoms with Crippen LogP contribution in [0.2, 0.25) is 0 Å². The highest BCUT2D eigenvalue weighted by molar-refractivity contribution is 5.41. The number of aromatic nitrogens is 4. The predicted molar refractivity (Wildman–Crippen MR) is 93.5 cm³/mol. The Bertz CT molecular complexity index is 1150. The van der Waals surface area contributed by atoms with Crippen molar-refractivity contribution in [1.29, 1.82) is 5.26 Å². The summed E-state index contributed by atoms with van der Waals surface area (Å²) in [7, 11) is 0. The van der Waals surface area contributed by atoms with Crippen LogP contribution in [-0.4, -0.2) is 19.8 Å². The van der Waals surface area contributed by atoms with Crippen LogP contribution in [-0.2, 0) is 0 Å². The summed E-state index contributed by atoms with van der Waals surface area (Å²) in [6.45, 7) is 0. The highest BCUT2D eigenvalue weighted by atomic mass is 19.3. The van der Waals surface area contributed by atoms with Gasteiger partial charge in [0.2, 0.25) is 11.7 Å². The summed E-state index contributed by atoms with van der Waals surface area (Å²) in [6, 6.07) is 18.5. The number of hydrogen-bond acceptors (Lipinski definition) is 6. The van der Waals surface area contributed by atoms with Gasteiger partial charge in [0.25, 0.3) is 6.43 Å². The lowest BCUT2D eigenvalue weighted by atomic mass is 10.2. The molecule has 0 aliphatic heterocycles. The van der Waals surface area contributed by atoms with Crippen LogP contribution >= 0.6 is 0 Å². The van der Waals surface area contributed by atoms with Crippen LogP contribution in [0.1, 0.15) is 17.8 Å². The molecule has 4 aromatic rings. The standard InChI is InChI=1S/C19H11F2N5O2/c20-18(21)19-24-23-16-9-10-17(25-26(16)19)28-15-7-5-14(6-8-15)27-13-3-1-12(11-22)2-4-13/h1-10,18H. The van der Waals surface area contributed by atoms with E-state index in [1.54, 1.807) is 48.5 Å². The van der Waals surface area contributed by atoms with Crippen LogP contribution in [0.15, 0.2) is 60.7 Å². The third-order valence-corrected chi connectivity index (χ3v) is 3.72. The van der Waals surface area contributed by atoms with E-state index in [2.05, 4.69) is 15.3 Å². The van der Waals surface area contributed by atoms with Gasteiger partial charge in [0.1, 0.15) is 17.2 Å². The molecule has 0 saturated heterocycles. The van der Waals surface area contributed by atoms with E-state index in [0.717, 1.165) is 4.52 Å². The fourth-order valence-electron chi connectivity index (χ4n) is 2.41. The minimum Gasteiger partial charge on any atom is -0.457 e. The molecule has 2 aromatic heterocycles. The average molecular weight is 379 g/mol. The normalized spacial score (nSPS) is 10.8. The molecule has 138 valence electrons. The zero-order valence-corrected chi connectivity index (χ0v) is 14.2. The van der Waals surface area contributed by atoms with Crippen LogP contribution in [0, 0.1) is 11.3 Å². The Hall–Kier alpha value is -4.06. The molecule has 28 heavy (non-hydrogen) atoms. The molecule has 0 unspecified atom stereocenters. The highest BCUT2D eigenvalue weighted by Crippen LogP contribution is 2.26. The van der Waals surface area contributed by atoms with E-state index < -0.39 is 12.2 Å². The molecule has 2 aromatic carbocycles. The van der Waals surface area contributed by atoms with Gasteiger partial charge in [-0.3, -0.25) is 0 Å². The Morgan fingerprint density at radius 3 is 2.04 bits per heavy atom. The van der Waals surface area contributed by atoms with Crippen molar-refractivity contribution < 1.29 is 18.3 Å². The molecule has 0 atom stereocenters. The second-order valence-corrected chi connectivity index (χ2v) is 5.61. The van der Waals surface area contributed by atoms with Gasteiger partial charge in [-0.15, -0.1) is 15.3 Å². The zero-order chi connectivity index (χ0) is 19.5. The number of nitriles is 1. The van der Waals surface area contributed by atoms with E-state index in [4.69, 9.17) is 14.7 Å². The Morgan fingerprint density at radius 1 is 0.821 bits per heavy atom. The fourth-order valence-corrected chi connectivity index (χ4v) is 2.41. The lowest BCUT2D eigenvalue weighted by Gasteiger charge is -2.08. The Morgan fingerprint density at radius 2 is 1.43 bits per heavy atom. The SMILES string of the molecule is N#Cc1ccc(Oc2ccc(Oc3ccc4nnc(C(F)F)n4n3)cc2)cc1. The van der Waals surface area contributed by atoms with Crippen LogP contribution in [0.25, 0.3) is 5.65 Å². The summed E-state index contributed by atoms with van der Waals surface area (Å²) in [5.41, 5.74) is 0.748. The maximum Gasteiger partial charge on any atom is 0.299 e. The average Bonchev–Trinajstić information content (AvgIpc) is 3.14. The molecule has 0 spiro atoms. The fraction of sp³-hybridized carbons (Fsp3) is 0.0526. The maximum absolute atomic E-state index is 12.9. The second-order valence-electron chi connectivity index (χ2n) is 5.61. The quantitative estimate of drug-likeness (QED) is 0.507. The van der Waals surface area contributed by atoms with Gasteiger partial charge in [-0.05, 0) is 54.6 Å². The van der Waals surface area contributed by atoms with Crippen molar-refractivity contribution in [2.75, 3.05) is 0 Å². The van der Waals surface area contributed by atoms with E-state index >= 15 is 0 Å². The summed E-state index contributed by atoms with van der Waals surface area (Å²) in [5.74, 6) is 1.18. The molecule has 4 rings (SSSR count). The first-order chi connectivity index (χ1) is 13.6. The van der Waals surface area contributed by atoms with Gasteiger partial charge in [0, 0.05) is 6.07 Å². The molecular formula is C19H11F2N5O2. The molecule has 2 heterocycles. The monoisotopic (exact) mass is 379 g/mol. The topological polar surface area (TPSA) is 85.3 Å². The number of rotatable bonds is 5. The third-order valence-electron chi connectivity index (χ3n) is 3.72. The molecule has 0 fully saturated rings. The molecular weight excluding hydrogens is 368 g/mol. The lowest BCUT2D eigenvalue weighted by Crippen LogP contribution is -2.00. The minimum atomic E-state index is -2.79. The van der Waals surface area contributed by atoms with Crippen molar-refractivity contribution in [3.63, 3.8) is 0 Å². The summed E-state index contributed by atoms with van der Waals surface area (Å²) in [6.07, 6.45) is -2.79. The number of hydrogen-bond donors (Lipinski definition) is 0. The first-order valence-corrected chi connectivity index (χ1v) is 8.09. The minimum absolute atomic E-state index is 0.120. The van der Waals surface area contributed by atoms with Gasteiger partial charge in [0.15, 0.2) is 5.65 Å². The Balaban J connectivity index is 1.49. The predicted octanol–water partition coefficient (Wildman–Crippen LogP) is 4.52. The number of fused-ring (bicyclic) bond motifs is 1. The molecule has 7 nitrogen and oxygen atoms in total. The third kappa shape index (κ3) is 3.57. The van der Waals surface area contributed by atoms with Crippen LogP contribution < -0.4 is 9.47 Å². The first kappa shape index (κ1) is 17.4. The van der Waals surface area contributed by atoms with Crippen molar-refractivity contribution in [2.24, 2.45) is 0 Å². The van der Waals surface area contributed by atoms with E-state index in [0.29, 0.717) is 22.8 Å². The first-order valence-electron chi connectivity index (χ1n) is 8.09. The van der Waals surface area contributed by atoms with E-state index in [1.807, 2.05) is 6.07 Å². The van der Waals surface area contributed by atoms with E-state index in [9.17, 15) is 8.78 Å². The van der Waals surface area contributed by atoms with Crippen molar-refractivity contribution in [1.82, 2.24) is 19.8 Å². The molecule has 0 aliphatic rings. The van der Waals surface area contributed by atoms with Crippen LogP contribution in [0.3, 0.4) is 0 Å². The van der Waals surface area contributed by atoms with Gasteiger partial charge in [-0.25, -0.2) is 8.78 Å². The lowest BCUT2D eigenvalue weighted by molar-refractivity contribution is 0.137. The molecule has 0 saturated carbocycles. The Kier molecular flexibility index (Phi) is 4.51. The number of ether oxygens (including phenoxy) is 2. The second kappa shape index (κ2) is 7.28. The largest absolute Gasteiger partial charge is 0.457 e. The summed E-state index contributed by atoms with van der Waals surface area (Å²) in [4.78, 5) is 0. The summed E-state index contributed by atoms with van der Waals surface area (Å²) >= 11 is 0. The van der Waals surface area contributed by atoms with Crippen molar-refractivity contribution >= 4 is 5.65 Å². The molecule has 0 N–H and O–H groups in total. The number of benzene rings is 2. The van der Waals surface area contributed by atoms with Crippen molar-refractivity contribution in [3.8, 4) is 29.2 Å². The van der Waals surface area contributed by atoms with Crippen LogP contribution in [0.5, 0.6) is 23.1 Å². The van der Waals surface area contributed by atoms with Gasteiger partial charge >= 0.3 is 0 Å². The summed E-state index contributed by atoms with van der Waals surface area (Å²) in [5, 5.41) is 19.8. The molecule has 9 heteroatoms. The van der Waals surface area contributed by atoms with Crippen LogP contribution in [0.4, 0.5) is 8.78 Å². The maximum atomic E-state index is 12.9. The smallest absolute Gasteiger partial charge is 0.299 e. The van der Waals surface area contributed by atoms with Gasteiger partial charge in [-0.1, -0.05) is 0 Å². The number of nitrogens with zero attached hydrogens (tertiary/aromatic N) is 5. The van der Waals surface area contributed by atoms with E-state index in [1.165, 1.54) is 12.1 Å². The van der Waals surface area contributed by atoms with E-state index in [-0.39, 0.29) is 11.5 Å². The molecule has 0 radical (unpaired) electrons. The summed E-state index contributed by atoms with van der Waals surface area (Å²) < 4.78 is 38.1.